The monoisotopic (exact) mass is 404 g/mol. The van der Waals surface area contributed by atoms with Crippen molar-refractivity contribution < 1.29 is 18.1 Å². The van der Waals surface area contributed by atoms with E-state index in [1.165, 1.54) is 21.8 Å². The van der Waals surface area contributed by atoms with Crippen LogP contribution in [0.5, 0.6) is 0 Å². The fraction of sp³-hybridized carbons (Fsp3) is 0.125. The molecule has 3 aromatic heterocycles. The number of rotatable bonds is 4. The van der Waals surface area contributed by atoms with Gasteiger partial charge in [-0.2, -0.15) is 33.3 Å². The molecule has 0 unspecified atom stereocenters. The standard InChI is InChI=1S/C16H11F3N8O2/c17-16(18,19)12-6-10(27(28)29)3-2-9(12)8-26-14-11(7-22-26)13(23-15(20)24-14)25-5-1-4-21-25/h1-7H,8H2,(H2,20,23,24). The third-order valence-corrected chi connectivity index (χ3v) is 4.14. The Morgan fingerprint density at radius 2 is 2.00 bits per heavy atom. The molecule has 0 spiro atoms. The number of non-ortho nitro benzene ring substituents is 1. The lowest BCUT2D eigenvalue weighted by molar-refractivity contribution is -0.385. The van der Waals surface area contributed by atoms with Crippen LogP contribution in [0.25, 0.3) is 16.9 Å². The highest BCUT2D eigenvalue weighted by molar-refractivity contribution is 5.83. The zero-order valence-corrected chi connectivity index (χ0v) is 14.4. The van der Waals surface area contributed by atoms with E-state index in [-0.39, 0.29) is 23.7 Å². The quantitative estimate of drug-likeness (QED) is 0.408. The van der Waals surface area contributed by atoms with Gasteiger partial charge in [0.1, 0.15) is 0 Å². The van der Waals surface area contributed by atoms with Gasteiger partial charge in [-0.15, -0.1) is 0 Å². The molecule has 4 aromatic rings. The fourth-order valence-corrected chi connectivity index (χ4v) is 2.88. The van der Waals surface area contributed by atoms with Crippen LogP contribution in [0.3, 0.4) is 0 Å². The van der Waals surface area contributed by atoms with E-state index in [0.29, 0.717) is 17.3 Å². The minimum absolute atomic E-state index is 0.107. The zero-order chi connectivity index (χ0) is 20.8. The molecule has 0 aliphatic rings. The molecule has 148 valence electrons. The van der Waals surface area contributed by atoms with E-state index in [1.807, 2.05) is 0 Å². The normalized spacial score (nSPS) is 11.8. The summed E-state index contributed by atoms with van der Waals surface area (Å²) in [6.45, 7) is -0.328. The predicted octanol–water partition coefficient (Wildman–Crippen LogP) is 2.57. The second-order valence-corrected chi connectivity index (χ2v) is 5.99. The molecular weight excluding hydrogens is 393 g/mol. The van der Waals surface area contributed by atoms with Gasteiger partial charge in [-0.25, -0.2) is 9.36 Å². The molecule has 0 saturated carbocycles. The smallest absolute Gasteiger partial charge is 0.368 e. The van der Waals surface area contributed by atoms with Crippen molar-refractivity contribution in [1.82, 2.24) is 29.5 Å². The van der Waals surface area contributed by atoms with Gasteiger partial charge in [0.2, 0.25) is 5.95 Å². The summed E-state index contributed by atoms with van der Waals surface area (Å²) >= 11 is 0. The summed E-state index contributed by atoms with van der Waals surface area (Å²) in [5, 5.41) is 19.4. The number of nitro benzene ring substituents is 1. The van der Waals surface area contributed by atoms with Crippen LogP contribution < -0.4 is 5.73 Å². The largest absolute Gasteiger partial charge is 0.416 e. The Morgan fingerprint density at radius 3 is 2.66 bits per heavy atom. The van der Waals surface area contributed by atoms with Gasteiger partial charge in [-0.1, -0.05) is 0 Å². The zero-order valence-electron chi connectivity index (χ0n) is 14.4. The van der Waals surface area contributed by atoms with Crippen LogP contribution in [0, 0.1) is 10.1 Å². The molecule has 0 bridgehead atoms. The van der Waals surface area contributed by atoms with Gasteiger partial charge in [0.15, 0.2) is 11.5 Å². The lowest BCUT2D eigenvalue weighted by atomic mass is 10.1. The van der Waals surface area contributed by atoms with Gasteiger partial charge in [0, 0.05) is 24.5 Å². The molecule has 0 aliphatic carbocycles. The number of hydrogen-bond donors (Lipinski definition) is 1. The van der Waals surface area contributed by atoms with Gasteiger partial charge in [0.25, 0.3) is 5.69 Å². The molecule has 0 radical (unpaired) electrons. The number of fused-ring (bicyclic) bond motifs is 1. The second kappa shape index (κ2) is 6.54. The maximum Gasteiger partial charge on any atom is 0.416 e. The van der Waals surface area contributed by atoms with Crippen LogP contribution in [0.2, 0.25) is 0 Å². The number of nitrogen functional groups attached to an aromatic ring is 1. The first-order chi connectivity index (χ1) is 13.7. The Labute approximate surface area is 159 Å². The average molecular weight is 404 g/mol. The molecule has 2 N–H and O–H groups in total. The summed E-state index contributed by atoms with van der Waals surface area (Å²) in [5.41, 5.74) is 3.97. The van der Waals surface area contributed by atoms with Crippen molar-refractivity contribution >= 4 is 22.7 Å². The summed E-state index contributed by atoms with van der Waals surface area (Å²) in [7, 11) is 0. The Kier molecular flexibility index (Phi) is 4.14. The van der Waals surface area contributed by atoms with Crippen molar-refractivity contribution in [1.29, 1.82) is 0 Å². The highest BCUT2D eigenvalue weighted by Crippen LogP contribution is 2.35. The molecule has 29 heavy (non-hydrogen) atoms. The van der Waals surface area contributed by atoms with Crippen LogP contribution >= 0.6 is 0 Å². The first-order valence-corrected chi connectivity index (χ1v) is 8.07. The molecule has 0 atom stereocenters. The lowest BCUT2D eigenvalue weighted by Gasteiger charge is -2.13. The highest BCUT2D eigenvalue weighted by atomic mass is 19.4. The molecule has 0 aliphatic heterocycles. The minimum Gasteiger partial charge on any atom is -0.368 e. The topological polar surface area (TPSA) is 131 Å². The molecular formula is C16H11F3N8O2. The van der Waals surface area contributed by atoms with E-state index in [4.69, 9.17) is 5.73 Å². The fourth-order valence-electron chi connectivity index (χ4n) is 2.88. The first-order valence-electron chi connectivity index (χ1n) is 8.07. The van der Waals surface area contributed by atoms with Gasteiger partial charge < -0.3 is 5.73 Å². The van der Waals surface area contributed by atoms with Crippen LogP contribution in [0.1, 0.15) is 11.1 Å². The Bertz CT molecular complexity index is 1220. The van der Waals surface area contributed by atoms with Crippen molar-refractivity contribution in [2.75, 3.05) is 5.73 Å². The Balaban J connectivity index is 1.83. The van der Waals surface area contributed by atoms with Crippen LogP contribution in [0.15, 0.2) is 42.9 Å². The number of nitro groups is 1. The summed E-state index contributed by atoms with van der Waals surface area (Å²) in [4.78, 5) is 18.2. The molecule has 1 aromatic carbocycles. The van der Waals surface area contributed by atoms with Gasteiger partial charge in [0.05, 0.1) is 28.6 Å². The van der Waals surface area contributed by atoms with Crippen molar-refractivity contribution in [2.24, 2.45) is 0 Å². The molecule has 0 amide bonds. The number of hydrogen-bond acceptors (Lipinski definition) is 7. The van der Waals surface area contributed by atoms with E-state index in [1.54, 1.807) is 12.3 Å². The highest BCUT2D eigenvalue weighted by Gasteiger charge is 2.35. The van der Waals surface area contributed by atoms with E-state index in [2.05, 4.69) is 20.2 Å². The van der Waals surface area contributed by atoms with Gasteiger partial charge in [-0.3, -0.25) is 10.1 Å². The van der Waals surface area contributed by atoms with Crippen LogP contribution in [0.4, 0.5) is 24.8 Å². The average Bonchev–Trinajstić information content (AvgIpc) is 3.31. The maximum atomic E-state index is 13.4. The van der Waals surface area contributed by atoms with E-state index in [9.17, 15) is 23.3 Å². The van der Waals surface area contributed by atoms with E-state index < -0.39 is 22.4 Å². The second-order valence-electron chi connectivity index (χ2n) is 5.99. The molecule has 0 saturated heterocycles. The predicted molar refractivity (Wildman–Crippen MR) is 94.1 cm³/mol. The Hall–Kier alpha value is -4.03. The van der Waals surface area contributed by atoms with Crippen molar-refractivity contribution in [2.45, 2.75) is 12.7 Å². The SMILES string of the molecule is Nc1nc(-n2cccn2)c2cnn(Cc3ccc([N+](=O)[O-])cc3C(F)(F)F)c2n1. The van der Waals surface area contributed by atoms with Gasteiger partial charge in [-0.05, 0) is 17.7 Å². The van der Waals surface area contributed by atoms with Crippen molar-refractivity contribution in [3.63, 3.8) is 0 Å². The summed E-state index contributed by atoms with van der Waals surface area (Å²) in [5.74, 6) is 0.216. The van der Waals surface area contributed by atoms with E-state index >= 15 is 0 Å². The molecule has 13 heteroatoms. The molecule has 4 rings (SSSR count). The number of nitrogens with two attached hydrogens (primary N) is 1. The number of alkyl halides is 3. The third-order valence-electron chi connectivity index (χ3n) is 4.14. The van der Waals surface area contributed by atoms with Crippen LogP contribution in [-0.2, 0) is 12.7 Å². The Morgan fingerprint density at radius 1 is 1.21 bits per heavy atom. The summed E-state index contributed by atoms with van der Waals surface area (Å²) in [6, 6.07) is 4.22. The number of anilines is 1. The molecule has 10 nitrogen and oxygen atoms in total. The summed E-state index contributed by atoms with van der Waals surface area (Å²) in [6.07, 6.45) is -0.235. The number of benzene rings is 1. The summed E-state index contributed by atoms with van der Waals surface area (Å²) < 4.78 is 43.0. The number of halogens is 3. The van der Waals surface area contributed by atoms with Gasteiger partial charge >= 0.3 is 6.18 Å². The van der Waals surface area contributed by atoms with Crippen LogP contribution in [-0.4, -0.2) is 34.5 Å². The van der Waals surface area contributed by atoms with E-state index in [0.717, 1.165) is 12.1 Å². The number of nitrogens with zero attached hydrogens (tertiary/aromatic N) is 7. The van der Waals surface area contributed by atoms with Crippen molar-refractivity contribution in [3.05, 3.63) is 64.1 Å². The number of aromatic nitrogens is 6. The molecule has 0 fully saturated rings. The maximum absolute atomic E-state index is 13.4. The van der Waals surface area contributed by atoms with Crippen molar-refractivity contribution in [3.8, 4) is 5.82 Å². The first kappa shape index (κ1) is 18.3. The third kappa shape index (κ3) is 3.33. The lowest BCUT2D eigenvalue weighted by Crippen LogP contribution is -2.13. The minimum atomic E-state index is -4.78. The molecule has 3 heterocycles.